The summed E-state index contributed by atoms with van der Waals surface area (Å²) in [6.45, 7) is 8.15. The molecule has 0 fully saturated rings. The van der Waals surface area contributed by atoms with E-state index >= 15 is 0 Å². The van der Waals surface area contributed by atoms with Crippen molar-refractivity contribution < 1.29 is 14.6 Å². The minimum Gasteiger partial charge on any atom is -0.396 e. The van der Waals surface area contributed by atoms with E-state index in [4.69, 9.17) is 9.47 Å². The van der Waals surface area contributed by atoms with Gasteiger partial charge in [-0.15, -0.1) is 0 Å². The van der Waals surface area contributed by atoms with Crippen LogP contribution in [0.5, 0.6) is 0 Å². The fourth-order valence-corrected chi connectivity index (χ4v) is 1.52. The first kappa shape index (κ1) is 15.8. The Morgan fingerprint density at radius 3 is 2.31 bits per heavy atom. The lowest BCUT2D eigenvalue weighted by atomic mass is 9.83. The normalized spacial score (nSPS) is 12.0. The van der Waals surface area contributed by atoms with E-state index < -0.39 is 0 Å². The van der Waals surface area contributed by atoms with Crippen LogP contribution in [0, 0.1) is 5.41 Å². The second kappa shape index (κ2) is 10.0. The largest absolute Gasteiger partial charge is 0.396 e. The third kappa shape index (κ3) is 6.43. The summed E-state index contributed by atoms with van der Waals surface area (Å²) in [6, 6.07) is 0. The van der Waals surface area contributed by atoms with Gasteiger partial charge in [0.1, 0.15) is 0 Å². The molecule has 4 nitrogen and oxygen atoms in total. The molecule has 4 heteroatoms. The van der Waals surface area contributed by atoms with Gasteiger partial charge < -0.3 is 19.9 Å². The smallest absolute Gasteiger partial charge is 0.0700 e. The van der Waals surface area contributed by atoms with Gasteiger partial charge in [0.05, 0.1) is 19.8 Å². The number of hydrogen-bond donors (Lipinski definition) is 2. The molecule has 0 spiro atoms. The van der Waals surface area contributed by atoms with Crippen molar-refractivity contribution in [1.29, 1.82) is 0 Å². The lowest BCUT2D eigenvalue weighted by molar-refractivity contribution is 0.0676. The van der Waals surface area contributed by atoms with Gasteiger partial charge in [0.2, 0.25) is 0 Å². The predicted molar refractivity (Wildman–Crippen MR) is 65.7 cm³/mol. The molecule has 16 heavy (non-hydrogen) atoms. The van der Waals surface area contributed by atoms with Crippen LogP contribution in [0.15, 0.2) is 0 Å². The topological polar surface area (TPSA) is 50.7 Å². The zero-order valence-corrected chi connectivity index (χ0v) is 10.9. The molecule has 0 aliphatic rings. The molecule has 0 aromatic carbocycles. The SMILES string of the molecule is CCC(CC)(CO)CNCCOCCOC. The van der Waals surface area contributed by atoms with Crippen LogP contribution in [0.3, 0.4) is 0 Å². The lowest BCUT2D eigenvalue weighted by Crippen LogP contribution is -2.37. The van der Waals surface area contributed by atoms with E-state index in [1.807, 2.05) is 0 Å². The number of aliphatic hydroxyl groups excluding tert-OH is 1. The standard InChI is InChI=1S/C12H27NO3/c1-4-12(5-2,11-14)10-13-6-7-16-9-8-15-3/h13-14H,4-11H2,1-3H3. The maximum Gasteiger partial charge on any atom is 0.0700 e. The van der Waals surface area contributed by atoms with Crippen molar-refractivity contribution in [3.8, 4) is 0 Å². The molecule has 0 saturated heterocycles. The zero-order valence-electron chi connectivity index (χ0n) is 10.9. The number of methoxy groups -OCH3 is 1. The molecule has 0 aliphatic heterocycles. The summed E-state index contributed by atoms with van der Waals surface area (Å²) in [4.78, 5) is 0. The highest BCUT2D eigenvalue weighted by Gasteiger charge is 2.24. The monoisotopic (exact) mass is 233 g/mol. The van der Waals surface area contributed by atoms with Crippen molar-refractivity contribution in [2.24, 2.45) is 5.41 Å². The van der Waals surface area contributed by atoms with Crippen molar-refractivity contribution in [2.45, 2.75) is 26.7 Å². The highest BCUT2D eigenvalue weighted by molar-refractivity contribution is 4.77. The molecular weight excluding hydrogens is 206 g/mol. The summed E-state index contributed by atoms with van der Waals surface area (Å²) >= 11 is 0. The Balaban J connectivity index is 3.48. The molecule has 0 aliphatic carbocycles. The summed E-state index contributed by atoms with van der Waals surface area (Å²) in [5.74, 6) is 0. The van der Waals surface area contributed by atoms with Gasteiger partial charge in [-0.1, -0.05) is 13.8 Å². The molecule has 0 aromatic heterocycles. The van der Waals surface area contributed by atoms with Gasteiger partial charge in [-0.05, 0) is 12.8 Å². The Labute approximate surface area is 99.3 Å². The van der Waals surface area contributed by atoms with E-state index in [0.29, 0.717) is 19.8 Å². The van der Waals surface area contributed by atoms with Gasteiger partial charge in [-0.2, -0.15) is 0 Å². The van der Waals surface area contributed by atoms with Crippen molar-refractivity contribution in [3.05, 3.63) is 0 Å². The van der Waals surface area contributed by atoms with Gasteiger partial charge in [-0.25, -0.2) is 0 Å². The first-order chi connectivity index (χ1) is 7.74. The molecule has 0 atom stereocenters. The first-order valence-electron chi connectivity index (χ1n) is 6.13. The van der Waals surface area contributed by atoms with Gasteiger partial charge in [0, 0.05) is 32.2 Å². The van der Waals surface area contributed by atoms with Crippen molar-refractivity contribution in [2.75, 3.05) is 46.6 Å². The fraction of sp³-hybridized carbons (Fsp3) is 1.00. The van der Waals surface area contributed by atoms with E-state index in [2.05, 4.69) is 19.2 Å². The maximum absolute atomic E-state index is 9.36. The molecule has 0 radical (unpaired) electrons. The fourth-order valence-electron chi connectivity index (χ4n) is 1.52. The molecule has 0 rings (SSSR count). The molecule has 0 heterocycles. The Morgan fingerprint density at radius 2 is 1.81 bits per heavy atom. The summed E-state index contributed by atoms with van der Waals surface area (Å²) in [7, 11) is 1.67. The summed E-state index contributed by atoms with van der Waals surface area (Å²) in [5, 5.41) is 12.7. The van der Waals surface area contributed by atoms with Gasteiger partial charge in [0.15, 0.2) is 0 Å². The van der Waals surface area contributed by atoms with Crippen LogP contribution in [-0.2, 0) is 9.47 Å². The van der Waals surface area contributed by atoms with Crippen LogP contribution in [0.4, 0.5) is 0 Å². The summed E-state index contributed by atoms with van der Waals surface area (Å²) in [6.07, 6.45) is 2.00. The van der Waals surface area contributed by atoms with Crippen LogP contribution >= 0.6 is 0 Å². The van der Waals surface area contributed by atoms with Gasteiger partial charge in [0.25, 0.3) is 0 Å². The average Bonchev–Trinajstić information content (AvgIpc) is 2.34. The Hall–Kier alpha value is -0.160. The average molecular weight is 233 g/mol. The van der Waals surface area contributed by atoms with Crippen LogP contribution in [-0.4, -0.2) is 51.7 Å². The molecule has 0 aromatic rings. The highest BCUT2D eigenvalue weighted by atomic mass is 16.5. The van der Waals surface area contributed by atoms with E-state index in [0.717, 1.165) is 25.9 Å². The second-order valence-electron chi connectivity index (χ2n) is 4.15. The van der Waals surface area contributed by atoms with Crippen LogP contribution in [0.1, 0.15) is 26.7 Å². The summed E-state index contributed by atoms with van der Waals surface area (Å²) in [5.41, 5.74) is 0.0343. The Kier molecular flexibility index (Phi) is 9.92. The number of aliphatic hydroxyl groups is 1. The van der Waals surface area contributed by atoms with Crippen LogP contribution in [0.25, 0.3) is 0 Å². The minimum absolute atomic E-state index is 0.0343. The predicted octanol–water partition coefficient (Wildman–Crippen LogP) is 1.04. The Bertz CT molecular complexity index is 141. The Morgan fingerprint density at radius 1 is 1.12 bits per heavy atom. The van der Waals surface area contributed by atoms with Crippen molar-refractivity contribution in [1.82, 2.24) is 5.32 Å². The molecular formula is C12H27NO3. The molecule has 0 unspecified atom stereocenters. The minimum atomic E-state index is 0.0343. The van der Waals surface area contributed by atoms with Crippen molar-refractivity contribution in [3.63, 3.8) is 0 Å². The number of hydrogen-bond acceptors (Lipinski definition) is 4. The zero-order chi connectivity index (χ0) is 12.3. The lowest BCUT2D eigenvalue weighted by Gasteiger charge is -2.29. The van der Waals surface area contributed by atoms with Crippen molar-refractivity contribution >= 4 is 0 Å². The second-order valence-corrected chi connectivity index (χ2v) is 4.15. The van der Waals surface area contributed by atoms with Gasteiger partial charge >= 0.3 is 0 Å². The number of rotatable bonds is 11. The van der Waals surface area contributed by atoms with Crippen LogP contribution < -0.4 is 5.32 Å². The third-order valence-electron chi connectivity index (χ3n) is 3.19. The van der Waals surface area contributed by atoms with E-state index in [1.165, 1.54) is 0 Å². The quantitative estimate of drug-likeness (QED) is 0.524. The van der Waals surface area contributed by atoms with Gasteiger partial charge in [-0.3, -0.25) is 0 Å². The van der Waals surface area contributed by atoms with Crippen LogP contribution in [0.2, 0.25) is 0 Å². The molecule has 2 N–H and O–H groups in total. The number of ether oxygens (including phenoxy) is 2. The van der Waals surface area contributed by atoms with E-state index in [1.54, 1.807) is 7.11 Å². The van der Waals surface area contributed by atoms with E-state index in [9.17, 15) is 5.11 Å². The van der Waals surface area contributed by atoms with E-state index in [-0.39, 0.29) is 12.0 Å². The first-order valence-corrected chi connectivity index (χ1v) is 6.13. The molecule has 0 amide bonds. The maximum atomic E-state index is 9.36. The third-order valence-corrected chi connectivity index (χ3v) is 3.19. The molecule has 0 bridgehead atoms. The highest BCUT2D eigenvalue weighted by Crippen LogP contribution is 2.24. The molecule has 0 saturated carbocycles. The molecule has 98 valence electrons. The number of nitrogens with one attached hydrogen (secondary N) is 1. The summed E-state index contributed by atoms with van der Waals surface area (Å²) < 4.78 is 10.2.